The average Bonchev–Trinajstić information content (AvgIpc) is 3.74. The number of carbonyl (C=O) groups excluding carboxylic acids is 2. The molecule has 0 saturated carbocycles. The van der Waals surface area contributed by atoms with Crippen molar-refractivity contribution in [2.75, 3.05) is 27.4 Å². The number of hydrogen-bond donors (Lipinski definition) is 1. The van der Waals surface area contributed by atoms with E-state index in [4.69, 9.17) is 0 Å². The lowest BCUT2D eigenvalue weighted by atomic mass is 10.0. The molecule has 2 heterocycles. The average molecular weight is 1060 g/mol. The molecule has 7 nitrogen and oxygen atoms in total. The van der Waals surface area contributed by atoms with Gasteiger partial charge in [-0.1, -0.05) is 44.2 Å². The van der Waals surface area contributed by atoms with E-state index in [0.717, 1.165) is 33.9 Å². The Morgan fingerprint density at radius 3 is 1.61 bits per heavy atom. The smallest absolute Gasteiger partial charge is 0.388 e. The minimum absolute atomic E-state index is 0.0892. The molecular weight excluding hydrogens is 1000 g/mol. The molecule has 0 fully saturated rings. The van der Waals surface area contributed by atoms with Crippen LogP contribution in [0.4, 0.5) is 39.5 Å². The van der Waals surface area contributed by atoms with E-state index >= 15 is 0 Å². The van der Waals surface area contributed by atoms with Gasteiger partial charge < -0.3 is 14.6 Å². The molecule has 0 saturated heterocycles. The third-order valence-electron chi connectivity index (χ3n) is 7.99. The van der Waals surface area contributed by atoms with E-state index in [-0.39, 0.29) is 49.7 Å². The SMILES string of the molecule is C=CC/C(=C\C[C@H](C)C(C)=O)C(F)(F)F.C=CC/C(=C\C[C@H](O)/C(C)=C/c1csc(C)n1)C(F)(F)F.C[C@@H](C/C=C(\I)C(F)(F)F)C(=O)N(C)C.Cc1nc(CP(C)(C)=O)cs1. The second-order valence-corrected chi connectivity index (χ2v) is 21.4. The molecule has 2 aromatic heterocycles. The van der Waals surface area contributed by atoms with Gasteiger partial charge in [-0.2, -0.15) is 39.5 Å². The molecule has 0 radical (unpaired) electrons. The molecule has 2 rings (SSSR count). The van der Waals surface area contributed by atoms with Gasteiger partial charge in [0.1, 0.15) is 5.78 Å². The van der Waals surface area contributed by atoms with Gasteiger partial charge in [-0.05, 0) is 107 Å². The zero-order valence-electron chi connectivity index (χ0n) is 36.6. The summed E-state index contributed by atoms with van der Waals surface area (Å²) in [5.74, 6) is -1.07. The highest BCUT2D eigenvalue weighted by atomic mass is 127. The Labute approximate surface area is 381 Å². The highest BCUT2D eigenvalue weighted by molar-refractivity contribution is 14.1. The van der Waals surface area contributed by atoms with Gasteiger partial charge in [0, 0.05) is 54.0 Å². The van der Waals surface area contributed by atoms with Gasteiger partial charge in [0.2, 0.25) is 5.91 Å². The summed E-state index contributed by atoms with van der Waals surface area (Å²) in [7, 11) is 1.23. The fourth-order valence-electron chi connectivity index (χ4n) is 4.45. The number of Topliss-reactive ketones (excluding diaryl/α,β-unsaturated/α-hetero) is 1. The Kier molecular flexibility index (Phi) is 28.5. The molecule has 62 heavy (non-hydrogen) atoms. The predicted octanol–water partition coefficient (Wildman–Crippen LogP) is 13.9. The van der Waals surface area contributed by atoms with Crippen molar-refractivity contribution < 1.29 is 58.8 Å². The van der Waals surface area contributed by atoms with Crippen LogP contribution in [0, 0.1) is 25.7 Å². The molecule has 0 bridgehead atoms. The molecule has 20 heteroatoms. The maximum atomic E-state index is 12.7. The standard InChI is InChI=1S/C15H18F3NOS.C11H15F3O.C9H13F3INO.C7H12NOPS/c1-4-5-12(15(16,17)18)6-7-14(20)10(2)8-13-9-21-11(3)19-13;1-4-5-10(11(12,13)14)7-6-8(2)9(3)15;1-6(8(15)14(2)3)4-5-7(13)9(10,11)12;1-6-8-7(5-11-6)4-10(2,3)9/h4,6,8-9,14,20H,1,5,7H2,2-3H3;4,7-8H,1,5-6H2,2-3H3;5-6H,4H2,1-3H3;5H,4H2,1-3H3/b10-8+,12-6+;10-7+;7-5-;/t14-;8-;6-;/m000./s1. The van der Waals surface area contributed by atoms with Gasteiger partial charge in [0.05, 0.1) is 38.2 Å². The van der Waals surface area contributed by atoms with Crippen LogP contribution in [0.25, 0.3) is 6.08 Å². The lowest BCUT2D eigenvalue weighted by Gasteiger charge is -2.15. The third-order valence-corrected chi connectivity index (χ3v) is 11.7. The number of halogens is 10. The maximum Gasteiger partial charge on any atom is 0.421 e. The first-order valence-electron chi connectivity index (χ1n) is 18.8. The Balaban J connectivity index is 0. The molecule has 2 aromatic rings. The quantitative estimate of drug-likeness (QED) is 0.0778. The van der Waals surface area contributed by atoms with E-state index in [0.29, 0.717) is 17.4 Å². The van der Waals surface area contributed by atoms with Crippen molar-refractivity contribution in [3.8, 4) is 0 Å². The first-order chi connectivity index (χ1) is 28.2. The molecule has 352 valence electrons. The number of allylic oxidation sites excluding steroid dienone is 7. The number of thiazole rings is 2. The third kappa shape index (κ3) is 28.7. The summed E-state index contributed by atoms with van der Waals surface area (Å²) in [6.45, 7) is 20.3. The van der Waals surface area contributed by atoms with Crippen molar-refractivity contribution in [2.45, 2.75) is 104 Å². The molecule has 0 aliphatic heterocycles. The minimum Gasteiger partial charge on any atom is -0.388 e. The highest BCUT2D eigenvalue weighted by Gasteiger charge is 2.33. The van der Waals surface area contributed by atoms with E-state index in [1.807, 2.05) is 24.6 Å². The minimum atomic E-state index is -4.39. The van der Waals surface area contributed by atoms with Gasteiger partial charge in [0.15, 0.2) is 0 Å². The van der Waals surface area contributed by atoms with Crippen LogP contribution in [0.5, 0.6) is 0 Å². The largest absolute Gasteiger partial charge is 0.421 e. The first-order valence-corrected chi connectivity index (χ1v) is 24.4. The van der Waals surface area contributed by atoms with Gasteiger partial charge >= 0.3 is 18.5 Å². The van der Waals surface area contributed by atoms with E-state index < -0.39 is 52.4 Å². The van der Waals surface area contributed by atoms with Crippen LogP contribution in [0.3, 0.4) is 0 Å². The van der Waals surface area contributed by atoms with Crippen molar-refractivity contribution in [1.29, 1.82) is 0 Å². The second-order valence-electron chi connectivity index (χ2n) is 14.6. The van der Waals surface area contributed by atoms with E-state index in [1.165, 1.54) is 57.9 Å². The van der Waals surface area contributed by atoms with Crippen molar-refractivity contribution in [3.05, 3.63) is 96.0 Å². The van der Waals surface area contributed by atoms with E-state index in [9.17, 15) is 58.8 Å². The molecule has 0 unspecified atom stereocenters. The molecule has 3 atom stereocenters. The van der Waals surface area contributed by atoms with Crippen LogP contribution < -0.4 is 0 Å². The van der Waals surface area contributed by atoms with Gasteiger partial charge in [-0.15, -0.1) is 35.8 Å². The fraction of sp³-hybridized carbons (Fsp3) is 0.524. The number of ketones is 1. The van der Waals surface area contributed by atoms with Crippen molar-refractivity contribution in [3.63, 3.8) is 0 Å². The number of amides is 1. The molecule has 0 spiro atoms. The zero-order chi connectivity index (χ0) is 48.8. The summed E-state index contributed by atoms with van der Waals surface area (Å²) in [5, 5.41) is 15.7. The summed E-state index contributed by atoms with van der Waals surface area (Å²) >= 11 is 4.32. The van der Waals surface area contributed by atoms with Crippen LogP contribution in [-0.2, 0) is 20.3 Å². The van der Waals surface area contributed by atoms with Crippen LogP contribution in [0.2, 0.25) is 0 Å². The van der Waals surface area contributed by atoms with Gasteiger partial charge in [-0.25, -0.2) is 9.97 Å². The van der Waals surface area contributed by atoms with Crippen molar-refractivity contribution in [2.24, 2.45) is 11.8 Å². The van der Waals surface area contributed by atoms with Crippen molar-refractivity contribution in [1.82, 2.24) is 14.9 Å². The van der Waals surface area contributed by atoms with Crippen LogP contribution in [0.1, 0.15) is 81.2 Å². The Hall–Kier alpha value is -2.87. The number of aliphatic hydroxyl groups excluding tert-OH is 1. The fourth-order valence-corrected chi connectivity index (χ4v) is 6.95. The zero-order valence-corrected chi connectivity index (χ0v) is 41.2. The topological polar surface area (TPSA) is 100 Å². The Bertz CT molecular complexity index is 1890. The summed E-state index contributed by atoms with van der Waals surface area (Å²) in [4.78, 5) is 32.0. The Morgan fingerprint density at radius 2 is 1.26 bits per heavy atom. The number of aromatic nitrogens is 2. The molecular formula is C42H58F9IN3O4PS2. The number of carbonyl (C=O) groups is 2. The lowest BCUT2D eigenvalue weighted by molar-refractivity contribution is -0.132. The van der Waals surface area contributed by atoms with Crippen LogP contribution >= 0.6 is 52.4 Å². The monoisotopic (exact) mass is 1060 g/mol. The number of aliphatic hydroxyl groups is 1. The predicted molar refractivity (Wildman–Crippen MR) is 244 cm³/mol. The molecule has 0 aliphatic rings. The van der Waals surface area contributed by atoms with Gasteiger partial charge in [-0.3, -0.25) is 9.59 Å². The highest BCUT2D eigenvalue weighted by Crippen LogP contribution is 2.40. The Morgan fingerprint density at radius 1 is 0.806 bits per heavy atom. The number of alkyl halides is 9. The summed E-state index contributed by atoms with van der Waals surface area (Å²) in [6, 6.07) is 0. The van der Waals surface area contributed by atoms with Crippen LogP contribution in [0.15, 0.2) is 74.6 Å². The molecule has 0 aromatic carbocycles. The summed E-state index contributed by atoms with van der Waals surface area (Å²) < 4.78 is 122. The number of aryl methyl sites for hydroxylation is 2. The van der Waals surface area contributed by atoms with Gasteiger partial charge in [0.25, 0.3) is 0 Å². The van der Waals surface area contributed by atoms with Crippen LogP contribution in [-0.4, -0.2) is 83.7 Å². The second kappa shape index (κ2) is 28.8. The normalized spacial score (nSPS) is 14.5. The van der Waals surface area contributed by atoms with Crippen molar-refractivity contribution >= 4 is 70.2 Å². The summed E-state index contributed by atoms with van der Waals surface area (Å²) in [5.41, 5.74) is 0.942. The van der Waals surface area contributed by atoms with E-state index in [1.54, 1.807) is 65.6 Å². The summed E-state index contributed by atoms with van der Waals surface area (Å²) in [6.07, 6.45) is -6.45. The molecule has 1 N–H and O–H groups in total. The van der Waals surface area contributed by atoms with E-state index in [2.05, 4.69) is 23.1 Å². The number of nitrogens with zero attached hydrogens (tertiary/aromatic N) is 3. The molecule has 0 aliphatic carbocycles. The maximum absolute atomic E-state index is 12.7. The number of hydrogen-bond acceptors (Lipinski definition) is 8. The number of rotatable bonds is 16. The molecule has 1 amide bonds. The first kappa shape index (κ1) is 61.2. The lowest BCUT2D eigenvalue weighted by Crippen LogP contribution is -2.27.